The smallest absolute Gasteiger partial charge is 0.216 e. The first-order valence-electron chi connectivity index (χ1n) is 7.45. The molecule has 114 valence electrons. The lowest BCUT2D eigenvalue weighted by molar-refractivity contribution is 0.766. The number of hydrogen-bond donors (Lipinski definition) is 1. The van der Waals surface area contributed by atoms with Crippen molar-refractivity contribution in [3.63, 3.8) is 0 Å². The molecule has 0 amide bonds. The number of aromatic nitrogens is 4. The average Bonchev–Trinajstić information content (AvgIpc) is 3.02. The second-order valence-corrected chi connectivity index (χ2v) is 5.50. The van der Waals surface area contributed by atoms with Gasteiger partial charge < -0.3 is 4.57 Å². The molecule has 0 aliphatic carbocycles. The Balaban J connectivity index is 2.15. The van der Waals surface area contributed by atoms with E-state index in [-0.39, 0.29) is 0 Å². The van der Waals surface area contributed by atoms with Gasteiger partial charge in [-0.05, 0) is 32.1 Å². The molecule has 0 radical (unpaired) electrons. The molecule has 2 aromatic heterocycles. The standard InChI is InChI=1S/C16H19N5S/c1-4-15-18-19-16(22)21(15)17-10-13-11(3)20(5-2)14-9-7-6-8-12(13)14/h6-10H,4-5H2,1-3H3,(H,19,22)/b17-10-. The summed E-state index contributed by atoms with van der Waals surface area (Å²) in [4.78, 5) is 0. The number of para-hydroxylation sites is 1. The molecule has 0 atom stereocenters. The van der Waals surface area contributed by atoms with Crippen molar-refractivity contribution in [1.29, 1.82) is 0 Å². The van der Waals surface area contributed by atoms with Crippen LogP contribution in [-0.2, 0) is 13.0 Å². The minimum Gasteiger partial charge on any atom is -0.344 e. The third-order valence-electron chi connectivity index (χ3n) is 3.93. The molecule has 0 aliphatic rings. The van der Waals surface area contributed by atoms with Gasteiger partial charge >= 0.3 is 0 Å². The monoisotopic (exact) mass is 313 g/mol. The highest BCUT2D eigenvalue weighted by atomic mass is 32.1. The van der Waals surface area contributed by atoms with E-state index in [1.165, 1.54) is 16.6 Å². The number of nitrogens with zero attached hydrogens (tertiary/aromatic N) is 4. The number of benzene rings is 1. The Morgan fingerprint density at radius 1 is 1.32 bits per heavy atom. The average molecular weight is 313 g/mol. The fraction of sp³-hybridized carbons (Fsp3) is 0.312. The van der Waals surface area contributed by atoms with Gasteiger partial charge in [0.15, 0.2) is 5.82 Å². The third kappa shape index (κ3) is 2.29. The number of aryl methyl sites for hydroxylation is 2. The summed E-state index contributed by atoms with van der Waals surface area (Å²) in [6, 6.07) is 8.39. The maximum atomic E-state index is 5.24. The van der Waals surface area contributed by atoms with Crippen molar-refractivity contribution in [2.75, 3.05) is 0 Å². The maximum Gasteiger partial charge on any atom is 0.216 e. The Labute approximate surface area is 134 Å². The van der Waals surface area contributed by atoms with E-state index < -0.39 is 0 Å². The minimum absolute atomic E-state index is 0.519. The van der Waals surface area contributed by atoms with Crippen molar-refractivity contribution >= 4 is 29.3 Å². The molecule has 1 N–H and O–H groups in total. The van der Waals surface area contributed by atoms with E-state index in [0.29, 0.717) is 4.77 Å². The van der Waals surface area contributed by atoms with Crippen LogP contribution in [0.15, 0.2) is 29.4 Å². The van der Waals surface area contributed by atoms with Crippen LogP contribution in [0.3, 0.4) is 0 Å². The van der Waals surface area contributed by atoms with Gasteiger partial charge in [-0.2, -0.15) is 14.9 Å². The molecule has 0 spiro atoms. The van der Waals surface area contributed by atoms with Gasteiger partial charge in [0.25, 0.3) is 0 Å². The van der Waals surface area contributed by atoms with Crippen LogP contribution in [0.5, 0.6) is 0 Å². The summed E-state index contributed by atoms with van der Waals surface area (Å²) in [5.41, 5.74) is 3.57. The van der Waals surface area contributed by atoms with Crippen LogP contribution in [0.25, 0.3) is 10.9 Å². The SMILES string of the molecule is CCc1n[nH]c(=S)n1/N=C\c1c(C)n(CC)c2ccccc12. The molecule has 22 heavy (non-hydrogen) atoms. The highest BCUT2D eigenvalue weighted by Crippen LogP contribution is 2.24. The molecule has 0 unspecified atom stereocenters. The van der Waals surface area contributed by atoms with Crippen LogP contribution in [-0.4, -0.2) is 25.7 Å². The predicted molar refractivity (Wildman–Crippen MR) is 92.1 cm³/mol. The summed E-state index contributed by atoms with van der Waals surface area (Å²) in [5, 5.41) is 12.7. The van der Waals surface area contributed by atoms with Crippen molar-refractivity contribution < 1.29 is 0 Å². The van der Waals surface area contributed by atoms with E-state index in [4.69, 9.17) is 12.2 Å². The lowest BCUT2D eigenvalue weighted by atomic mass is 10.1. The van der Waals surface area contributed by atoms with E-state index in [0.717, 1.165) is 24.4 Å². The Bertz CT molecular complexity index is 897. The minimum atomic E-state index is 0.519. The Morgan fingerprint density at radius 3 is 2.82 bits per heavy atom. The lowest BCUT2D eigenvalue weighted by Gasteiger charge is -2.03. The molecule has 0 saturated carbocycles. The van der Waals surface area contributed by atoms with E-state index in [2.05, 4.69) is 58.0 Å². The quantitative estimate of drug-likeness (QED) is 0.590. The summed E-state index contributed by atoms with van der Waals surface area (Å²) < 4.78 is 4.50. The molecule has 6 heteroatoms. The van der Waals surface area contributed by atoms with Gasteiger partial charge in [0.2, 0.25) is 4.77 Å². The number of nitrogens with one attached hydrogen (secondary N) is 1. The molecular weight excluding hydrogens is 294 g/mol. The number of hydrogen-bond acceptors (Lipinski definition) is 3. The van der Waals surface area contributed by atoms with E-state index in [9.17, 15) is 0 Å². The highest BCUT2D eigenvalue weighted by Gasteiger charge is 2.11. The normalized spacial score (nSPS) is 11.8. The Kier molecular flexibility index (Phi) is 3.94. The largest absolute Gasteiger partial charge is 0.344 e. The zero-order valence-corrected chi connectivity index (χ0v) is 13.8. The van der Waals surface area contributed by atoms with Crippen LogP contribution in [0.4, 0.5) is 0 Å². The van der Waals surface area contributed by atoms with Gasteiger partial charge in [0, 0.05) is 35.1 Å². The van der Waals surface area contributed by atoms with Crippen LogP contribution in [0, 0.1) is 11.7 Å². The van der Waals surface area contributed by atoms with Crippen molar-refractivity contribution in [2.45, 2.75) is 33.7 Å². The van der Waals surface area contributed by atoms with Crippen LogP contribution in [0.2, 0.25) is 0 Å². The summed E-state index contributed by atoms with van der Waals surface area (Å²) in [7, 11) is 0. The Hall–Kier alpha value is -2.21. The van der Waals surface area contributed by atoms with Crippen molar-refractivity contribution in [3.8, 4) is 0 Å². The van der Waals surface area contributed by atoms with E-state index >= 15 is 0 Å². The summed E-state index contributed by atoms with van der Waals surface area (Å²) in [5.74, 6) is 0.832. The van der Waals surface area contributed by atoms with Crippen LogP contribution < -0.4 is 0 Å². The first kappa shape index (κ1) is 14.7. The number of fused-ring (bicyclic) bond motifs is 1. The second-order valence-electron chi connectivity index (χ2n) is 5.12. The predicted octanol–water partition coefficient (Wildman–Crippen LogP) is 3.67. The molecule has 5 nitrogen and oxygen atoms in total. The fourth-order valence-electron chi connectivity index (χ4n) is 2.82. The Morgan fingerprint density at radius 2 is 2.09 bits per heavy atom. The number of aromatic amines is 1. The molecule has 0 saturated heterocycles. The second kappa shape index (κ2) is 5.88. The molecule has 3 aromatic rings. The van der Waals surface area contributed by atoms with Crippen LogP contribution in [0.1, 0.15) is 30.9 Å². The van der Waals surface area contributed by atoms with Gasteiger partial charge in [0.05, 0.1) is 6.21 Å². The first-order chi connectivity index (χ1) is 10.7. The van der Waals surface area contributed by atoms with Crippen molar-refractivity contribution in [1.82, 2.24) is 19.4 Å². The van der Waals surface area contributed by atoms with Gasteiger partial charge in [-0.3, -0.25) is 5.10 Å². The topological polar surface area (TPSA) is 50.9 Å². The summed E-state index contributed by atoms with van der Waals surface area (Å²) in [6.45, 7) is 7.25. The summed E-state index contributed by atoms with van der Waals surface area (Å²) in [6.07, 6.45) is 2.66. The van der Waals surface area contributed by atoms with Crippen molar-refractivity contribution in [3.05, 3.63) is 46.1 Å². The van der Waals surface area contributed by atoms with Gasteiger partial charge in [-0.15, -0.1) is 0 Å². The zero-order valence-electron chi connectivity index (χ0n) is 13.0. The molecule has 1 aromatic carbocycles. The summed E-state index contributed by atoms with van der Waals surface area (Å²) >= 11 is 5.24. The van der Waals surface area contributed by atoms with Crippen molar-refractivity contribution in [2.24, 2.45) is 5.10 Å². The first-order valence-corrected chi connectivity index (χ1v) is 7.86. The molecule has 2 heterocycles. The molecular formula is C16H19N5S. The molecule has 0 bridgehead atoms. The zero-order chi connectivity index (χ0) is 15.7. The van der Waals surface area contributed by atoms with Gasteiger partial charge in [-0.1, -0.05) is 25.1 Å². The highest BCUT2D eigenvalue weighted by molar-refractivity contribution is 7.71. The fourth-order valence-corrected chi connectivity index (χ4v) is 3.01. The molecule has 0 aliphatic heterocycles. The number of H-pyrrole nitrogens is 1. The lowest BCUT2D eigenvalue weighted by Crippen LogP contribution is -1.99. The molecule has 3 rings (SSSR count). The van der Waals surface area contributed by atoms with E-state index in [1.807, 2.05) is 13.1 Å². The molecule has 0 fully saturated rings. The van der Waals surface area contributed by atoms with Gasteiger partial charge in [0.1, 0.15) is 0 Å². The number of rotatable bonds is 4. The van der Waals surface area contributed by atoms with E-state index in [1.54, 1.807) is 4.68 Å². The van der Waals surface area contributed by atoms with Crippen LogP contribution >= 0.6 is 12.2 Å². The maximum absolute atomic E-state index is 5.24. The third-order valence-corrected chi connectivity index (χ3v) is 4.20. The van der Waals surface area contributed by atoms with Gasteiger partial charge in [-0.25, -0.2) is 0 Å².